The SMILES string of the molecule is Cc1cccc(Cl)c1-n1nc(C(C)(C)O)c(Cl)c1-c1ccc(-c2cccc(S(C)(=O)=O)c2)s1. The summed E-state index contributed by atoms with van der Waals surface area (Å²) in [5.41, 5.74) is 2.06. The summed E-state index contributed by atoms with van der Waals surface area (Å²) in [7, 11) is -3.32. The molecule has 0 saturated carbocycles. The second-order valence-electron chi connectivity index (χ2n) is 8.35. The van der Waals surface area contributed by atoms with E-state index in [-0.39, 0.29) is 4.90 Å². The molecule has 0 aliphatic rings. The summed E-state index contributed by atoms with van der Waals surface area (Å²) in [6.07, 6.45) is 1.19. The third-order valence-electron chi connectivity index (χ3n) is 5.19. The molecule has 4 aromatic rings. The van der Waals surface area contributed by atoms with E-state index >= 15 is 0 Å². The Kier molecular flexibility index (Phi) is 6.22. The average molecular weight is 521 g/mol. The highest BCUT2D eigenvalue weighted by Gasteiger charge is 2.30. The Morgan fingerprint density at radius 1 is 1.03 bits per heavy atom. The Morgan fingerprint density at radius 3 is 2.33 bits per heavy atom. The number of halogens is 2. The van der Waals surface area contributed by atoms with Crippen molar-refractivity contribution in [3.05, 3.63) is 75.9 Å². The summed E-state index contributed by atoms with van der Waals surface area (Å²) in [5, 5.41) is 16.2. The van der Waals surface area contributed by atoms with Gasteiger partial charge in [0.25, 0.3) is 0 Å². The van der Waals surface area contributed by atoms with Crippen LogP contribution in [0.4, 0.5) is 0 Å². The molecule has 0 spiro atoms. The molecule has 172 valence electrons. The van der Waals surface area contributed by atoms with Gasteiger partial charge in [-0.25, -0.2) is 13.1 Å². The molecule has 0 radical (unpaired) electrons. The van der Waals surface area contributed by atoms with Crippen LogP contribution in [0.5, 0.6) is 0 Å². The number of sulfone groups is 1. The number of hydrogen-bond acceptors (Lipinski definition) is 5. The fraction of sp³-hybridized carbons (Fsp3) is 0.208. The van der Waals surface area contributed by atoms with Gasteiger partial charge in [-0.15, -0.1) is 11.3 Å². The van der Waals surface area contributed by atoms with E-state index in [9.17, 15) is 13.5 Å². The quantitative estimate of drug-likeness (QED) is 0.325. The largest absolute Gasteiger partial charge is 0.384 e. The number of thiophene rings is 1. The lowest BCUT2D eigenvalue weighted by molar-refractivity contribution is 0.0735. The Bertz CT molecular complexity index is 1450. The van der Waals surface area contributed by atoms with Crippen molar-refractivity contribution in [1.82, 2.24) is 9.78 Å². The van der Waals surface area contributed by atoms with Crippen LogP contribution in [0.15, 0.2) is 59.5 Å². The first kappa shape index (κ1) is 24.0. The smallest absolute Gasteiger partial charge is 0.175 e. The molecule has 0 aliphatic heterocycles. The normalized spacial score (nSPS) is 12.3. The fourth-order valence-corrected chi connectivity index (χ4v) is 6.07. The molecule has 0 unspecified atom stereocenters. The van der Waals surface area contributed by atoms with Crippen LogP contribution in [-0.4, -0.2) is 29.6 Å². The van der Waals surface area contributed by atoms with Gasteiger partial charge in [-0.05, 0) is 62.2 Å². The summed E-state index contributed by atoms with van der Waals surface area (Å²) < 4.78 is 25.7. The van der Waals surface area contributed by atoms with Crippen LogP contribution in [0.2, 0.25) is 10.0 Å². The highest BCUT2D eigenvalue weighted by Crippen LogP contribution is 2.43. The minimum atomic E-state index is -3.32. The zero-order valence-electron chi connectivity index (χ0n) is 18.4. The average Bonchev–Trinajstić information content (AvgIpc) is 3.32. The minimum absolute atomic E-state index is 0.258. The molecule has 9 heteroatoms. The Balaban J connectivity index is 1.93. The van der Waals surface area contributed by atoms with E-state index in [0.717, 1.165) is 20.9 Å². The van der Waals surface area contributed by atoms with Gasteiger partial charge in [0.05, 0.1) is 25.5 Å². The molecule has 0 atom stereocenters. The van der Waals surface area contributed by atoms with E-state index in [2.05, 4.69) is 5.10 Å². The van der Waals surface area contributed by atoms with Gasteiger partial charge in [-0.3, -0.25) is 0 Å². The minimum Gasteiger partial charge on any atom is -0.384 e. The second kappa shape index (κ2) is 8.56. The van der Waals surface area contributed by atoms with Crippen molar-refractivity contribution in [3.8, 4) is 26.7 Å². The van der Waals surface area contributed by atoms with Crippen molar-refractivity contribution in [2.75, 3.05) is 6.26 Å². The number of rotatable bonds is 5. The van der Waals surface area contributed by atoms with Crippen LogP contribution >= 0.6 is 34.5 Å². The van der Waals surface area contributed by atoms with Gasteiger partial charge in [0, 0.05) is 11.1 Å². The van der Waals surface area contributed by atoms with E-state index < -0.39 is 15.4 Å². The first-order valence-corrected chi connectivity index (χ1v) is 13.5. The molecule has 2 heterocycles. The molecule has 0 bridgehead atoms. The van der Waals surface area contributed by atoms with E-state index in [1.165, 1.54) is 17.6 Å². The van der Waals surface area contributed by atoms with E-state index in [0.29, 0.717) is 27.1 Å². The standard InChI is InChI=1S/C24H22Cl2N2O3S2/c1-14-7-5-10-17(25)21(14)28-22(20(26)23(27-28)24(2,3)29)19-12-11-18(32-19)15-8-6-9-16(13-15)33(4,30)31/h5-13,29H,1-4H3. The zero-order chi connectivity index (χ0) is 24.1. The number of aromatic nitrogens is 2. The maximum atomic E-state index is 12.0. The molecule has 0 amide bonds. The number of benzene rings is 2. The predicted molar refractivity (Wildman–Crippen MR) is 135 cm³/mol. The van der Waals surface area contributed by atoms with E-state index in [1.54, 1.807) is 42.8 Å². The van der Waals surface area contributed by atoms with Crippen LogP contribution in [0, 0.1) is 6.92 Å². The van der Waals surface area contributed by atoms with Gasteiger partial charge in [-0.1, -0.05) is 47.5 Å². The molecule has 1 N–H and O–H groups in total. The molecule has 0 aliphatic carbocycles. The molecular weight excluding hydrogens is 499 g/mol. The zero-order valence-corrected chi connectivity index (χ0v) is 21.6. The van der Waals surface area contributed by atoms with Gasteiger partial charge in [0.2, 0.25) is 0 Å². The monoisotopic (exact) mass is 520 g/mol. The lowest BCUT2D eigenvalue weighted by Gasteiger charge is -2.14. The van der Waals surface area contributed by atoms with Crippen molar-refractivity contribution in [2.45, 2.75) is 31.3 Å². The van der Waals surface area contributed by atoms with E-state index in [1.807, 2.05) is 37.3 Å². The number of aryl methyl sites for hydroxylation is 1. The predicted octanol–water partition coefficient (Wildman–Crippen LogP) is 6.51. The van der Waals surface area contributed by atoms with Gasteiger partial charge in [0.15, 0.2) is 9.84 Å². The van der Waals surface area contributed by atoms with Crippen LogP contribution in [-0.2, 0) is 15.4 Å². The van der Waals surface area contributed by atoms with Crippen LogP contribution in [0.3, 0.4) is 0 Å². The summed E-state index contributed by atoms with van der Waals surface area (Å²) >= 11 is 14.8. The number of aliphatic hydroxyl groups is 1. The Morgan fingerprint density at radius 2 is 1.70 bits per heavy atom. The first-order valence-electron chi connectivity index (χ1n) is 10.1. The third-order valence-corrected chi connectivity index (χ3v) is 8.11. The van der Waals surface area contributed by atoms with E-state index in [4.69, 9.17) is 23.2 Å². The Hall–Kier alpha value is -2.16. The van der Waals surface area contributed by atoms with Crippen molar-refractivity contribution in [2.24, 2.45) is 0 Å². The molecule has 2 aromatic carbocycles. The lowest BCUT2D eigenvalue weighted by atomic mass is 10.1. The third kappa shape index (κ3) is 4.61. The molecule has 2 aromatic heterocycles. The fourth-order valence-electron chi connectivity index (χ4n) is 3.56. The van der Waals surface area contributed by atoms with Gasteiger partial charge in [-0.2, -0.15) is 5.10 Å². The van der Waals surface area contributed by atoms with Crippen LogP contribution in [0.1, 0.15) is 25.1 Å². The van der Waals surface area contributed by atoms with Crippen molar-refractivity contribution in [3.63, 3.8) is 0 Å². The van der Waals surface area contributed by atoms with Crippen LogP contribution in [0.25, 0.3) is 26.7 Å². The van der Waals surface area contributed by atoms with Crippen molar-refractivity contribution >= 4 is 44.4 Å². The summed E-state index contributed by atoms with van der Waals surface area (Å²) in [6, 6.07) is 16.2. The summed E-state index contributed by atoms with van der Waals surface area (Å²) in [4.78, 5) is 1.94. The number of para-hydroxylation sites is 1. The highest BCUT2D eigenvalue weighted by molar-refractivity contribution is 7.90. The molecule has 4 rings (SSSR count). The highest BCUT2D eigenvalue weighted by atomic mass is 35.5. The topological polar surface area (TPSA) is 72.2 Å². The molecule has 0 saturated heterocycles. The molecular formula is C24H22Cl2N2O3S2. The summed E-state index contributed by atoms with van der Waals surface area (Å²) in [6.45, 7) is 5.19. The molecule has 0 fully saturated rings. The number of hydrogen-bond donors (Lipinski definition) is 1. The second-order valence-corrected chi connectivity index (χ2v) is 12.2. The maximum absolute atomic E-state index is 12.0. The van der Waals surface area contributed by atoms with Gasteiger partial charge in [0.1, 0.15) is 17.0 Å². The lowest BCUT2D eigenvalue weighted by Crippen LogP contribution is -2.17. The Labute approximate surface area is 207 Å². The molecule has 33 heavy (non-hydrogen) atoms. The van der Waals surface area contributed by atoms with Crippen molar-refractivity contribution in [1.29, 1.82) is 0 Å². The first-order chi connectivity index (χ1) is 15.4. The molecule has 5 nitrogen and oxygen atoms in total. The van der Waals surface area contributed by atoms with Crippen molar-refractivity contribution < 1.29 is 13.5 Å². The van der Waals surface area contributed by atoms with Gasteiger partial charge < -0.3 is 5.11 Å². The van der Waals surface area contributed by atoms with Crippen LogP contribution < -0.4 is 0 Å². The number of nitrogens with zero attached hydrogens (tertiary/aromatic N) is 2. The summed E-state index contributed by atoms with van der Waals surface area (Å²) in [5.74, 6) is 0. The van der Waals surface area contributed by atoms with Gasteiger partial charge >= 0.3 is 0 Å². The maximum Gasteiger partial charge on any atom is 0.175 e.